The molecular weight excluding hydrogens is 259 g/mol. The van der Waals surface area contributed by atoms with Crippen molar-refractivity contribution < 1.29 is 25.3 Å². The van der Waals surface area contributed by atoms with Crippen LogP contribution in [0.15, 0.2) is 20.6 Å². The SMILES string of the molecule is C[O][Ti]([O]C)[C]1=C(C)C(C)=C(C)C1(C)C.Cl. The summed E-state index contributed by atoms with van der Waals surface area (Å²) in [6.45, 7) is 11.1. The molecule has 0 aliphatic heterocycles. The van der Waals surface area contributed by atoms with Crippen molar-refractivity contribution in [2.75, 3.05) is 14.2 Å². The summed E-state index contributed by atoms with van der Waals surface area (Å²) in [5.74, 6) is 0. The van der Waals surface area contributed by atoms with Crippen LogP contribution in [0, 0.1) is 5.41 Å². The molecule has 4 heteroatoms. The van der Waals surface area contributed by atoms with Gasteiger partial charge in [-0.2, -0.15) is 0 Å². The Balaban J connectivity index is 0.00000225. The summed E-state index contributed by atoms with van der Waals surface area (Å²) in [6, 6.07) is 0. The average molecular weight is 282 g/mol. The van der Waals surface area contributed by atoms with Crippen molar-refractivity contribution in [3.8, 4) is 0 Å². The van der Waals surface area contributed by atoms with Gasteiger partial charge in [0.25, 0.3) is 0 Å². The van der Waals surface area contributed by atoms with Gasteiger partial charge in [-0.25, -0.2) is 0 Å². The Morgan fingerprint density at radius 1 is 0.938 bits per heavy atom. The van der Waals surface area contributed by atoms with Crippen LogP contribution in [0.3, 0.4) is 0 Å². The van der Waals surface area contributed by atoms with Crippen LogP contribution in [0.1, 0.15) is 34.6 Å². The quantitative estimate of drug-likeness (QED) is 0.733. The molecule has 1 aliphatic carbocycles. The zero-order chi connectivity index (χ0) is 11.8. The monoisotopic (exact) mass is 281 g/mol. The van der Waals surface area contributed by atoms with Crippen molar-refractivity contribution in [3.63, 3.8) is 0 Å². The molecule has 0 aromatic carbocycles. The van der Waals surface area contributed by atoms with Gasteiger partial charge in [0.15, 0.2) is 0 Å². The van der Waals surface area contributed by atoms with E-state index in [2.05, 4.69) is 34.6 Å². The first-order valence-corrected chi connectivity index (χ1v) is 7.28. The predicted octanol–water partition coefficient (Wildman–Crippen LogP) is 3.80. The molecule has 0 atom stereocenters. The molecule has 16 heavy (non-hydrogen) atoms. The van der Waals surface area contributed by atoms with Gasteiger partial charge in [0.2, 0.25) is 0 Å². The zero-order valence-corrected chi connectivity index (χ0v) is 13.6. The van der Waals surface area contributed by atoms with Gasteiger partial charge >= 0.3 is 100 Å². The van der Waals surface area contributed by atoms with Crippen molar-refractivity contribution in [1.82, 2.24) is 0 Å². The van der Waals surface area contributed by atoms with E-state index < -0.39 is 18.6 Å². The van der Waals surface area contributed by atoms with E-state index >= 15 is 0 Å². The Bertz CT molecular complexity index is 328. The molecule has 1 rings (SSSR count). The topological polar surface area (TPSA) is 18.5 Å². The molecule has 0 bridgehead atoms. The summed E-state index contributed by atoms with van der Waals surface area (Å²) >= 11 is -1.95. The van der Waals surface area contributed by atoms with E-state index in [0.717, 1.165) is 0 Å². The Kier molecular flexibility index (Phi) is 5.98. The number of allylic oxidation sites excluding steroid dienone is 4. The maximum atomic E-state index is 5.55. The normalized spacial score (nSPS) is 18.9. The smallest absolute Gasteiger partial charge is 0.147 e. The Morgan fingerprint density at radius 2 is 1.38 bits per heavy atom. The van der Waals surface area contributed by atoms with Gasteiger partial charge in [-0.05, 0) is 0 Å². The van der Waals surface area contributed by atoms with Crippen molar-refractivity contribution in [3.05, 3.63) is 20.6 Å². The van der Waals surface area contributed by atoms with E-state index in [9.17, 15) is 0 Å². The molecule has 2 nitrogen and oxygen atoms in total. The molecule has 0 fully saturated rings. The van der Waals surface area contributed by atoms with Crippen LogP contribution in [0.4, 0.5) is 0 Å². The second-order valence-corrected chi connectivity index (χ2v) is 7.52. The minimum absolute atomic E-state index is 0. The van der Waals surface area contributed by atoms with E-state index in [1.54, 1.807) is 14.2 Å². The molecule has 0 heterocycles. The summed E-state index contributed by atoms with van der Waals surface area (Å²) in [6.07, 6.45) is 0. The first-order valence-electron chi connectivity index (χ1n) is 5.22. The number of hydrogen-bond acceptors (Lipinski definition) is 2. The second kappa shape index (κ2) is 5.83. The van der Waals surface area contributed by atoms with E-state index in [4.69, 9.17) is 6.64 Å². The molecule has 0 radical (unpaired) electrons. The van der Waals surface area contributed by atoms with Gasteiger partial charge in [-0.1, -0.05) is 0 Å². The standard InChI is InChI=1S/C10H15.2CH3O.ClH.Ti/c1-7-6-10(4,5)9(3)8(7)2;2*1-2;;/h1-5H3;2*1H3;1H;/q;2*-1;;+2. The van der Waals surface area contributed by atoms with Crippen LogP contribution in [-0.2, 0) is 25.3 Å². The fourth-order valence-corrected chi connectivity index (χ4v) is 5.05. The third kappa shape index (κ3) is 2.46. The molecule has 0 saturated heterocycles. The number of rotatable bonds is 3. The molecule has 0 amide bonds. The van der Waals surface area contributed by atoms with E-state index in [1.807, 2.05) is 0 Å². The molecule has 0 unspecified atom stereocenters. The molecule has 0 aromatic heterocycles. The minimum Gasteiger partial charge on any atom is -0.147 e. The Hall–Kier alpha value is 0.404. The molecule has 0 N–H and O–H groups in total. The van der Waals surface area contributed by atoms with Gasteiger partial charge in [0.05, 0.1) is 0 Å². The van der Waals surface area contributed by atoms with Crippen LogP contribution in [0.2, 0.25) is 0 Å². The van der Waals surface area contributed by atoms with Crippen LogP contribution in [-0.4, -0.2) is 14.2 Å². The molecule has 0 saturated carbocycles. The number of hydrogen-bond donors (Lipinski definition) is 0. The zero-order valence-electron chi connectivity index (χ0n) is 11.2. The first kappa shape index (κ1) is 16.4. The van der Waals surface area contributed by atoms with Crippen molar-refractivity contribution >= 4 is 12.4 Å². The van der Waals surface area contributed by atoms with Crippen LogP contribution in [0.5, 0.6) is 0 Å². The van der Waals surface area contributed by atoms with Crippen molar-refractivity contribution in [2.24, 2.45) is 5.41 Å². The van der Waals surface area contributed by atoms with Crippen LogP contribution in [0.25, 0.3) is 0 Å². The van der Waals surface area contributed by atoms with Gasteiger partial charge in [-0.15, -0.1) is 12.4 Å². The Labute approximate surface area is 112 Å². The second-order valence-electron chi connectivity index (χ2n) is 4.57. The fourth-order valence-electron chi connectivity index (χ4n) is 2.29. The molecule has 0 aromatic rings. The van der Waals surface area contributed by atoms with E-state index in [-0.39, 0.29) is 17.8 Å². The minimum atomic E-state index is -1.95. The number of halogens is 1. The van der Waals surface area contributed by atoms with Gasteiger partial charge in [0.1, 0.15) is 0 Å². The van der Waals surface area contributed by atoms with Crippen molar-refractivity contribution in [1.29, 1.82) is 0 Å². The summed E-state index contributed by atoms with van der Waals surface area (Å²) in [5, 5.41) is 0. The van der Waals surface area contributed by atoms with Gasteiger partial charge < -0.3 is 0 Å². The van der Waals surface area contributed by atoms with Crippen molar-refractivity contribution in [2.45, 2.75) is 34.6 Å². The third-order valence-corrected chi connectivity index (χ3v) is 6.99. The van der Waals surface area contributed by atoms with Gasteiger partial charge in [-0.3, -0.25) is 0 Å². The summed E-state index contributed by atoms with van der Waals surface area (Å²) in [5.41, 5.74) is 4.37. The third-order valence-electron chi connectivity index (χ3n) is 3.64. The first-order chi connectivity index (χ1) is 6.87. The molecule has 93 valence electrons. The summed E-state index contributed by atoms with van der Waals surface area (Å²) in [7, 11) is 3.52. The maximum absolute atomic E-state index is 5.55. The predicted molar refractivity (Wildman–Crippen MR) is 66.1 cm³/mol. The molecular formula is C12H22ClO2Ti. The maximum Gasteiger partial charge on any atom is -0.147 e. The van der Waals surface area contributed by atoms with Crippen LogP contribution < -0.4 is 0 Å². The average Bonchev–Trinajstić information content (AvgIpc) is 2.34. The molecule has 0 spiro atoms. The Morgan fingerprint density at radius 3 is 1.62 bits per heavy atom. The van der Waals surface area contributed by atoms with E-state index in [1.165, 1.54) is 20.6 Å². The van der Waals surface area contributed by atoms with E-state index in [0.29, 0.717) is 0 Å². The van der Waals surface area contributed by atoms with Crippen LogP contribution >= 0.6 is 12.4 Å². The largest absolute Gasteiger partial charge is 0.147 e. The summed E-state index contributed by atoms with van der Waals surface area (Å²) < 4.78 is 12.5. The van der Waals surface area contributed by atoms with Gasteiger partial charge in [0, 0.05) is 0 Å². The fraction of sp³-hybridized carbons (Fsp3) is 0.667. The molecule has 1 aliphatic rings. The summed E-state index contributed by atoms with van der Waals surface area (Å²) in [4.78, 5) is 0.